The third-order valence-corrected chi connectivity index (χ3v) is 3.63. The number of hydrogen-bond donors (Lipinski definition) is 0. The van der Waals surface area contributed by atoms with Gasteiger partial charge in [-0.2, -0.15) is 0 Å². The van der Waals surface area contributed by atoms with Crippen molar-refractivity contribution in [2.45, 2.75) is 78.6 Å². The Balaban J connectivity index is 4.19. The molecule has 108 valence electrons. The van der Waals surface area contributed by atoms with Gasteiger partial charge in [-0.15, -0.1) is 0 Å². The summed E-state index contributed by atoms with van der Waals surface area (Å²) >= 11 is 0. The van der Waals surface area contributed by atoms with E-state index in [1.54, 1.807) is 0 Å². The van der Waals surface area contributed by atoms with Crippen molar-refractivity contribution < 1.29 is 4.79 Å². The molecule has 18 heavy (non-hydrogen) atoms. The van der Waals surface area contributed by atoms with Crippen LogP contribution in [0.3, 0.4) is 0 Å². The van der Waals surface area contributed by atoms with Gasteiger partial charge in [-0.25, -0.2) is 0 Å². The zero-order valence-corrected chi connectivity index (χ0v) is 13.0. The Labute approximate surface area is 114 Å². The molecule has 1 atom stereocenters. The van der Waals surface area contributed by atoms with Crippen LogP contribution in [-0.2, 0) is 4.79 Å². The summed E-state index contributed by atoms with van der Waals surface area (Å²) in [6.45, 7) is 7.52. The highest BCUT2D eigenvalue weighted by Crippen LogP contribution is 2.19. The van der Waals surface area contributed by atoms with Gasteiger partial charge in [0.05, 0.1) is 0 Å². The summed E-state index contributed by atoms with van der Waals surface area (Å²) in [6.07, 6.45) is 10.5. The molecule has 0 aromatic heterocycles. The minimum absolute atomic E-state index is 0.276. The molecule has 1 unspecified atom stereocenters. The van der Waals surface area contributed by atoms with Crippen molar-refractivity contribution in [3.05, 3.63) is 0 Å². The molecule has 0 radical (unpaired) electrons. The van der Waals surface area contributed by atoms with Crippen LogP contribution in [0, 0.1) is 5.92 Å². The highest BCUT2D eigenvalue weighted by Gasteiger charge is 2.20. The summed E-state index contributed by atoms with van der Waals surface area (Å²) in [5.74, 6) is 0.659. The first kappa shape index (κ1) is 17.5. The van der Waals surface area contributed by atoms with Gasteiger partial charge in [0.1, 0.15) is 0 Å². The maximum atomic E-state index is 12.4. The lowest BCUT2D eigenvalue weighted by Crippen LogP contribution is -2.33. The molecule has 0 saturated heterocycles. The summed E-state index contributed by atoms with van der Waals surface area (Å²) in [5, 5.41) is 0. The monoisotopic (exact) mass is 255 g/mol. The summed E-state index contributed by atoms with van der Waals surface area (Å²) in [4.78, 5) is 14.3. The fourth-order valence-electron chi connectivity index (χ4n) is 2.30. The molecule has 2 heteroatoms. The van der Waals surface area contributed by atoms with Crippen molar-refractivity contribution in [3.63, 3.8) is 0 Å². The molecule has 0 aromatic rings. The Hall–Kier alpha value is -0.530. The van der Waals surface area contributed by atoms with Crippen molar-refractivity contribution in [1.29, 1.82) is 0 Å². The van der Waals surface area contributed by atoms with E-state index in [4.69, 9.17) is 0 Å². The number of rotatable bonds is 11. The predicted molar refractivity (Wildman–Crippen MR) is 79.7 cm³/mol. The zero-order chi connectivity index (χ0) is 13.8. The molecule has 0 heterocycles. The minimum atomic E-state index is 0.276. The van der Waals surface area contributed by atoms with Gasteiger partial charge in [-0.05, 0) is 19.3 Å². The minimum Gasteiger partial charge on any atom is -0.346 e. The average molecular weight is 255 g/mol. The van der Waals surface area contributed by atoms with E-state index in [0.29, 0.717) is 5.91 Å². The summed E-state index contributed by atoms with van der Waals surface area (Å²) in [5.41, 5.74) is 0. The Bertz CT molecular complexity index is 203. The number of carbonyl (C=O) groups is 1. The van der Waals surface area contributed by atoms with Crippen molar-refractivity contribution in [2.24, 2.45) is 5.92 Å². The molecule has 0 N–H and O–H groups in total. The molecule has 0 saturated carbocycles. The number of nitrogens with zero attached hydrogens (tertiary/aromatic N) is 1. The van der Waals surface area contributed by atoms with Crippen LogP contribution < -0.4 is 0 Å². The summed E-state index contributed by atoms with van der Waals surface area (Å²) in [6, 6.07) is 0. The van der Waals surface area contributed by atoms with E-state index in [1.165, 1.54) is 32.1 Å². The standard InChI is InChI=1S/C16H33NO/c1-5-8-11-13-15(12-9-6-2)16(18)17(4)14-10-7-3/h15H,5-14H2,1-4H3. The lowest BCUT2D eigenvalue weighted by molar-refractivity contribution is -0.134. The third kappa shape index (κ3) is 7.73. The van der Waals surface area contributed by atoms with Gasteiger partial charge in [-0.3, -0.25) is 4.79 Å². The maximum Gasteiger partial charge on any atom is 0.225 e. The van der Waals surface area contributed by atoms with E-state index in [9.17, 15) is 4.79 Å². The largest absolute Gasteiger partial charge is 0.346 e. The second-order valence-electron chi connectivity index (χ2n) is 5.45. The van der Waals surface area contributed by atoms with Crippen LogP contribution in [0.4, 0.5) is 0 Å². The molecule has 0 aliphatic carbocycles. The topological polar surface area (TPSA) is 20.3 Å². The highest BCUT2D eigenvalue weighted by atomic mass is 16.2. The molecular formula is C16H33NO. The first-order valence-corrected chi connectivity index (χ1v) is 7.92. The van der Waals surface area contributed by atoms with E-state index in [1.807, 2.05) is 11.9 Å². The lowest BCUT2D eigenvalue weighted by Gasteiger charge is -2.23. The van der Waals surface area contributed by atoms with Crippen LogP contribution in [0.25, 0.3) is 0 Å². The normalized spacial score (nSPS) is 12.4. The molecular weight excluding hydrogens is 222 g/mol. The average Bonchev–Trinajstić information content (AvgIpc) is 2.39. The van der Waals surface area contributed by atoms with Gasteiger partial charge >= 0.3 is 0 Å². The van der Waals surface area contributed by atoms with Gasteiger partial charge in [0.2, 0.25) is 5.91 Å². The predicted octanol–water partition coefficient (Wildman–Crippen LogP) is 4.63. The molecule has 0 aromatic carbocycles. The Morgan fingerprint density at radius 3 is 2.00 bits per heavy atom. The molecule has 0 aliphatic rings. The van der Waals surface area contributed by atoms with Gasteiger partial charge in [-0.1, -0.05) is 59.3 Å². The van der Waals surface area contributed by atoms with Gasteiger partial charge in [0.15, 0.2) is 0 Å². The first-order valence-electron chi connectivity index (χ1n) is 7.92. The smallest absolute Gasteiger partial charge is 0.225 e. The molecule has 2 nitrogen and oxygen atoms in total. The number of hydrogen-bond acceptors (Lipinski definition) is 1. The van der Waals surface area contributed by atoms with E-state index < -0.39 is 0 Å². The van der Waals surface area contributed by atoms with Gasteiger partial charge in [0, 0.05) is 19.5 Å². The van der Waals surface area contributed by atoms with Gasteiger partial charge in [0.25, 0.3) is 0 Å². The Morgan fingerprint density at radius 2 is 1.44 bits per heavy atom. The van der Waals surface area contributed by atoms with E-state index in [0.717, 1.165) is 32.2 Å². The summed E-state index contributed by atoms with van der Waals surface area (Å²) < 4.78 is 0. The first-order chi connectivity index (χ1) is 8.67. The van der Waals surface area contributed by atoms with Crippen molar-refractivity contribution in [2.75, 3.05) is 13.6 Å². The molecule has 0 bridgehead atoms. The van der Waals surface area contributed by atoms with Crippen molar-refractivity contribution in [3.8, 4) is 0 Å². The zero-order valence-electron chi connectivity index (χ0n) is 13.0. The fraction of sp³-hybridized carbons (Fsp3) is 0.938. The van der Waals surface area contributed by atoms with Crippen LogP contribution in [-0.4, -0.2) is 24.4 Å². The fourth-order valence-corrected chi connectivity index (χ4v) is 2.30. The van der Waals surface area contributed by atoms with Gasteiger partial charge < -0.3 is 4.90 Å². The molecule has 0 spiro atoms. The van der Waals surface area contributed by atoms with E-state index in [-0.39, 0.29) is 5.92 Å². The highest BCUT2D eigenvalue weighted by molar-refractivity contribution is 5.78. The van der Waals surface area contributed by atoms with E-state index in [2.05, 4.69) is 20.8 Å². The quantitative estimate of drug-likeness (QED) is 0.493. The molecule has 0 rings (SSSR count). The second kappa shape index (κ2) is 11.6. The molecule has 0 aliphatic heterocycles. The lowest BCUT2D eigenvalue weighted by atomic mass is 9.94. The summed E-state index contributed by atoms with van der Waals surface area (Å²) in [7, 11) is 1.97. The Morgan fingerprint density at radius 1 is 0.889 bits per heavy atom. The molecule has 0 fully saturated rings. The number of amides is 1. The SMILES string of the molecule is CCCCCC(CCCC)C(=O)N(C)CCCC. The van der Waals surface area contributed by atoms with Crippen LogP contribution in [0.1, 0.15) is 78.6 Å². The van der Waals surface area contributed by atoms with Crippen molar-refractivity contribution in [1.82, 2.24) is 4.90 Å². The maximum absolute atomic E-state index is 12.4. The van der Waals surface area contributed by atoms with Crippen LogP contribution in [0.2, 0.25) is 0 Å². The van der Waals surface area contributed by atoms with Crippen LogP contribution >= 0.6 is 0 Å². The number of unbranched alkanes of at least 4 members (excludes halogenated alkanes) is 4. The van der Waals surface area contributed by atoms with Crippen LogP contribution in [0.5, 0.6) is 0 Å². The number of carbonyl (C=O) groups excluding carboxylic acids is 1. The van der Waals surface area contributed by atoms with E-state index >= 15 is 0 Å². The van der Waals surface area contributed by atoms with Crippen LogP contribution in [0.15, 0.2) is 0 Å². The third-order valence-electron chi connectivity index (χ3n) is 3.63. The van der Waals surface area contributed by atoms with Crippen molar-refractivity contribution >= 4 is 5.91 Å². The molecule has 1 amide bonds. The Kier molecular flexibility index (Phi) is 11.2. The second-order valence-corrected chi connectivity index (χ2v) is 5.45.